The molecule has 2 amide bonds. The number of amides is 2. The zero-order valence-corrected chi connectivity index (χ0v) is 25.7. The molecule has 0 aliphatic heterocycles. The molecule has 1 atom stereocenters. The average Bonchev–Trinajstić information content (AvgIpc) is 3.46. The monoisotopic (exact) mass is 635 g/mol. The molecule has 3 aromatic carbocycles. The number of nitrogens with one attached hydrogen (secondary N) is 1. The summed E-state index contributed by atoms with van der Waals surface area (Å²) in [6.45, 7) is 1.21. The molecule has 0 saturated heterocycles. The van der Waals surface area contributed by atoms with Crippen LogP contribution in [0.2, 0.25) is 15.1 Å². The Balaban J connectivity index is 1.73. The van der Waals surface area contributed by atoms with Crippen molar-refractivity contribution in [3.05, 3.63) is 93.4 Å². The van der Waals surface area contributed by atoms with E-state index in [-0.39, 0.29) is 34.1 Å². The zero-order valence-electron chi connectivity index (χ0n) is 22.6. The number of anilines is 1. The van der Waals surface area contributed by atoms with Crippen molar-refractivity contribution in [3.63, 3.8) is 0 Å². The van der Waals surface area contributed by atoms with E-state index in [1.54, 1.807) is 60.7 Å². The number of carbonyl (C=O) groups is 2. The number of halogens is 3. The van der Waals surface area contributed by atoms with Gasteiger partial charge in [-0.2, -0.15) is 0 Å². The molecule has 1 aliphatic rings. The number of rotatable bonds is 11. The minimum Gasteiger partial charge on any atom is -0.352 e. The van der Waals surface area contributed by atoms with Crippen LogP contribution in [0.15, 0.2) is 77.7 Å². The van der Waals surface area contributed by atoms with Crippen LogP contribution in [0.4, 0.5) is 5.69 Å². The Kier molecular flexibility index (Phi) is 10.6. The normalized spacial score (nSPS) is 14.4. The van der Waals surface area contributed by atoms with E-state index in [0.717, 1.165) is 30.0 Å². The Hall–Kier alpha value is -2.78. The van der Waals surface area contributed by atoms with Crippen molar-refractivity contribution in [2.45, 2.75) is 62.6 Å². The highest BCUT2D eigenvalue weighted by Crippen LogP contribution is 2.31. The van der Waals surface area contributed by atoms with E-state index in [1.807, 2.05) is 6.92 Å². The number of carbonyl (C=O) groups excluding carboxylic acids is 2. The molecule has 0 aromatic heterocycles. The summed E-state index contributed by atoms with van der Waals surface area (Å²) in [5, 5.41) is 4.02. The lowest BCUT2D eigenvalue weighted by Gasteiger charge is -2.34. The fourth-order valence-electron chi connectivity index (χ4n) is 5.01. The largest absolute Gasteiger partial charge is 0.352 e. The highest BCUT2D eigenvalue weighted by atomic mass is 35.5. The molecule has 7 nitrogen and oxygen atoms in total. The van der Waals surface area contributed by atoms with Crippen molar-refractivity contribution in [3.8, 4) is 0 Å². The third-order valence-electron chi connectivity index (χ3n) is 7.17. The van der Waals surface area contributed by atoms with Crippen LogP contribution in [0, 0.1) is 0 Å². The number of hydrogen-bond donors (Lipinski definition) is 1. The Morgan fingerprint density at radius 3 is 2.22 bits per heavy atom. The second-order valence-corrected chi connectivity index (χ2v) is 13.1. The van der Waals surface area contributed by atoms with Crippen LogP contribution in [0.3, 0.4) is 0 Å². The summed E-state index contributed by atoms with van der Waals surface area (Å²) < 4.78 is 28.7. The molecular formula is C30H32Cl3N3O4S. The maximum absolute atomic E-state index is 14.2. The molecule has 0 spiro atoms. The minimum atomic E-state index is -4.21. The van der Waals surface area contributed by atoms with Crippen LogP contribution >= 0.6 is 34.8 Å². The summed E-state index contributed by atoms with van der Waals surface area (Å²) in [7, 11) is -4.21. The highest BCUT2D eigenvalue weighted by molar-refractivity contribution is 7.92. The smallest absolute Gasteiger partial charge is 0.264 e. The van der Waals surface area contributed by atoms with E-state index in [2.05, 4.69) is 5.32 Å². The first-order valence-corrected chi connectivity index (χ1v) is 16.0. The zero-order chi connectivity index (χ0) is 29.6. The molecule has 0 heterocycles. The maximum atomic E-state index is 14.2. The molecule has 41 heavy (non-hydrogen) atoms. The van der Waals surface area contributed by atoms with E-state index < -0.39 is 28.5 Å². The van der Waals surface area contributed by atoms with Crippen LogP contribution in [0.25, 0.3) is 0 Å². The van der Waals surface area contributed by atoms with Gasteiger partial charge in [-0.15, -0.1) is 0 Å². The highest BCUT2D eigenvalue weighted by Gasteiger charge is 2.35. The van der Waals surface area contributed by atoms with Gasteiger partial charge in [0.15, 0.2) is 0 Å². The average molecular weight is 637 g/mol. The lowest BCUT2D eigenvalue weighted by atomic mass is 10.1. The van der Waals surface area contributed by atoms with Crippen molar-refractivity contribution in [2.75, 3.05) is 10.8 Å². The molecule has 3 aromatic rings. The van der Waals surface area contributed by atoms with Crippen molar-refractivity contribution in [2.24, 2.45) is 0 Å². The van der Waals surface area contributed by atoms with Gasteiger partial charge in [0.25, 0.3) is 10.0 Å². The van der Waals surface area contributed by atoms with E-state index in [4.69, 9.17) is 34.8 Å². The minimum absolute atomic E-state index is 0.00559. The summed E-state index contributed by atoms with van der Waals surface area (Å²) in [5.74, 6) is -0.864. The van der Waals surface area contributed by atoms with Crippen molar-refractivity contribution < 1.29 is 18.0 Å². The number of sulfonamides is 1. The quantitative estimate of drug-likeness (QED) is 0.254. The SMILES string of the molecule is CCC(C(=O)NC1CCCC1)N(Cc1ccc(Cl)cc1Cl)C(=O)CN(c1ccccc1Cl)S(=O)(=O)c1ccccc1. The topological polar surface area (TPSA) is 86.8 Å². The second-order valence-electron chi connectivity index (χ2n) is 9.95. The van der Waals surface area contributed by atoms with Crippen molar-refractivity contribution >= 4 is 62.3 Å². The molecule has 1 N–H and O–H groups in total. The van der Waals surface area contributed by atoms with Gasteiger partial charge in [-0.1, -0.05) is 91.0 Å². The van der Waals surface area contributed by atoms with Gasteiger partial charge in [0, 0.05) is 22.6 Å². The van der Waals surface area contributed by atoms with Gasteiger partial charge in [-0.05, 0) is 61.2 Å². The number of hydrogen-bond acceptors (Lipinski definition) is 4. The van der Waals surface area contributed by atoms with Gasteiger partial charge in [-0.3, -0.25) is 13.9 Å². The molecular weight excluding hydrogens is 605 g/mol. The fourth-order valence-corrected chi connectivity index (χ4v) is 7.22. The van der Waals surface area contributed by atoms with Gasteiger partial charge >= 0.3 is 0 Å². The van der Waals surface area contributed by atoms with Crippen molar-refractivity contribution in [1.29, 1.82) is 0 Å². The number of benzene rings is 3. The molecule has 1 fully saturated rings. The van der Waals surface area contributed by atoms with Crippen LogP contribution in [-0.2, 0) is 26.2 Å². The third kappa shape index (κ3) is 7.55. The molecule has 218 valence electrons. The van der Waals surface area contributed by atoms with Gasteiger partial charge in [0.05, 0.1) is 15.6 Å². The van der Waals surface area contributed by atoms with Gasteiger partial charge < -0.3 is 10.2 Å². The first-order chi connectivity index (χ1) is 19.6. The maximum Gasteiger partial charge on any atom is 0.264 e. The standard InChI is InChI=1S/C30H32Cl3N3O4S/c1-2-27(30(38)34-23-10-6-7-11-23)35(19-21-16-17-22(31)18-26(21)33)29(37)20-36(28-15-9-8-14-25(28)32)41(39,40)24-12-4-3-5-13-24/h3-5,8-9,12-18,23,27H,2,6-7,10-11,19-20H2,1H3,(H,34,38). The van der Waals surface area contributed by atoms with Crippen LogP contribution in [0.1, 0.15) is 44.6 Å². The molecule has 4 rings (SSSR count). The Morgan fingerprint density at radius 1 is 0.927 bits per heavy atom. The van der Waals surface area contributed by atoms with Crippen LogP contribution < -0.4 is 9.62 Å². The predicted octanol–water partition coefficient (Wildman–Crippen LogP) is 6.71. The predicted molar refractivity (Wildman–Crippen MR) is 164 cm³/mol. The molecule has 1 unspecified atom stereocenters. The fraction of sp³-hybridized carbons (Fsp3) is 0.333. The summed E-state index contributed by atoms with van der Waals surface area (Å²) in [6.07, 6.45) is 4.15. The van der Waals surface area contributed by atoms with Crippen LogP contribution in [-0.4, -0.2) is 43.8 Å². The third-order valence-corrected chi connectivity index (χ3v) is 9.86. The van der Waals surface area contributed by atoms with Gasteiger partial charge in [0.1, 0.15) is 12.6 Å². The second kappa shape index (κ2) is 13.9. The van der Waals surface area contributed by atoms with Gasteiger partial charge in [-0.25, -0.2) is 8.42 Å². The summed E-state index contributed by atoms with van der Waals surface area (Å²) in [6, 6.07) is 18.4. The Bertz CT molecular complexity index is 1480. The molecule has 1 aliphatic carbocycles. The first kappa shape index (κ1) is 31.2. The lowest BCUT2D eigenvalue weighted by molar-refractivity contribution is -0.140. The van der Waals surface area contributed by atoms with Gasteiger partial charge in [0.2, 0.25) is 11.8 Å². The van der Waals surface area contributed by atoms with Crippen LogP contribution in [0.5, 0.6) is 0 Å². The summed E-state index contributed by atoms with van der Waals surface area (Å²) >= 11 is 19.0. The van der Waals surface area contributed by atoms with E-state index in [9.17, 15) is 18.0 Å². The number of nitrogens with zero attached hydrogens (tertiary/aromatic N) is 2. The molecule has 11 heteroatoms. The summed E-state index contributed by atoms with van der Waals surface area (Å²) in [5.41, 5.74) is 0.728. The summed E-state index contributed by atoms with van der Waals surface area (Å²) in [4.78, 5) is 29.1. The van der Waals surface area contributed by atoms with Crippen molar-refractivity contribution in [1.82, 2.24) is 10.2 Å². The molecule has 1 saturated carbocycles. The molecule has 0 bridgehead atoms. The van der Waals surface area contributed by atoms with E-state index in [1.165, 1.54) is 17.0 Å². The Morgan fingerprint density at radius 2 is 1.59 bits per heavy atom. The Labute approximate surface area is 256 Å². The number of para-hydroxylation sites is 1. The van der Waals surface area contributed by atoms with E-state index in [0.29, 0.717) is 22.0 Å². The first-order valence-electron chi connectivity index (χ1n) is 13.5. The molecule has 0 radical (unpaired) electrons. The van der Waals surface area contributed by atoms with E-state index >= 15 is 0 Å². The lowest BCUT2D eigenvalue weighted by Crippen LogP contribution is -2.53.